The molecule has 0 atom stereocenters. The summed E-state index contributed by atoms with van der Waals surface area (Å²) in [5.41, 5.74) is 7.81. The fourth-order valence-electron chi connectivity index (χ4n) is 1.73. The minimum Gasteiger partial charge on any atom is -0.398 e. The van der Waals surface area contributed by atoms with Crippen molar-refractivity contribution in [2.75, 3.05) is 12.8 Å². The van der Waals surface area contributed by atoms with Gasteiger partial charge in [0.25, 0.3) is 5.91 Å². The molecule has 0 aliphatic carbocycles. The number of benzene rings is 1. The molecule has 18 heavy (non-hydrogen) atoms. The number of amides is 1. The van der Waals surface area contributed by atoms with E-state index >= 15 is 0 Å². The fraction of sp³-hybridized carbons (Fsp3) is 0.143. The van der Waals surface area contributed by atoms with E-state index in [-0.39, 0.29) is 5.91 Å². The van der Waals surface area contributed by atoms with Gasteiger partial charge in [0.15, 0.2) is 0 Å². The van der Waals surface area contributed by atoms with Gasteiger partial charge in [-0.05, 0) is 23.8 Å². The van der Waals surface area contributed by atoms with Gasteiger partial charge in [-0.2, -0.15) is 0 Å². The van der Waals surface area contributed by atoms with Crippen molar-refractivity contribution in [1.82, 2.24) is 9.88 Å². The Labute approximate surface area is 106 Å². The smallest absolute Gasteiger partial charge is 0.255 e. The molecule has 0 spiro atoms. The molecule has 0 saturated heterocycles. The Bertz CT molecular complexity index is 540. The maximum absolute atomic E-state index is 12.2. The fourth-order valence-corrected chi connectivity index (χ4v) is 1.73. The molecule has 2 aromatic rings. The minimum atomic E-state index is -0.0862. The van der Waals surface area contributed by atoms with Crippen molar-refractivity contribution in [2.24, 2.45) is 0 Å². The van der Waals surface area contributed by atoms with Crippen LogP contribution in [0.4, 0.5) is 5.69 Å². The van der Waals surface area contributed by atoms with Crippen LogP contribution in [-0.4, -0.2) is 22.8 Å². The molecule has 92 valence electrons. The Kier molecular flexibility index (Phi) is 3.57. The first-order valence-corrected chi connectivity index (χ1v) is 5.67. The Balaban J connectivity index is 2.13. The normalized spacial score (nSPS) is 10.1. The Hall–Kier alpha value is -2.36. The van der Waals surface area contributed by atoms with E-state index in [1.807, 2.05) is 24.3 Å². The van der Waals surface area contributed by atoms with Crippen LogP contribution in [0.25, 0.3) is 0 Å². The highest BCUT2D eigenvalue weighted by atomic mass is 16.2. The first kappa shape index (κ1) is 12.1. The zero-order valence-corrected chi connectivity index (χ0v) is 10.2. The van der Waals surface area contributed by atoms with E-state index in [0.29, 0.717) is 17.8 Å². The van der Waals surface area contributed by atoms with Gasteiger partial charge in [-0.15, -0.1) is 0 Å². The molecule has 1 aromatic heterocycles. The number of rotatable bonds is 3. The summed E-state index contributed by atoms with van der Waals surface area (Å²) in [4.78, 5) is 17.8. The Morgan fingerprint density at radius 3 is 2.72 bits per heavy atom. The number of anilines is 1. The van der Waals surface area contributed by atoms with Crippen LogP contribution in [0.2, 0.25) is 0 Å². The van der Waals surface area contributed by atoms with Gasteiger partial charge >= 0.3 is 0 Å². The van der Waals surface area contributed by atoms with E-state index in [1.165, 1.54) is 0 Å². The highest BCUT2D eigenvalue weighted by Crippen LogP contribution is 2.14. The standard InChI is InChI=1S/C14H15N3O/c1-17(10-11-5-4-8-16-9-11)14(18)12-6-2-3-7-13(12)15/h2-9H,10,15H2,1H3. The lowest BCUT2D eigenvalue weighted by atomic mass is 10.1. The minimum absolute atomic E-state index is 0.0862. The second kappa shape index (κ2) is 5.31. The topological polar surface area (TPSA) is 59.2 Å². The third-order valence-electron chi connectivity index (χ3n) is 2.68. The van der Waals surface area contributed by atoms with E-state index in [9.17, 15) is 4.79 Å². The van der Waals surface area contributed by atoms with Gasteiger partial charge in [-0.1, -0.05) is 18.2 Å². The summed E-state index contributed by atoms with van der Waals surface area (Å²) in [6.45, 7) is 0.515. The van der Waals surface area contributed by atoms with Crippen LogP contribution >= 0.6 is 0 Å². The Morgan fingerprint density at radius 2 is 2.06 bits per heavy atom. The molecular formula is C14H15N3O. The number of nitrogens with two attached hydrogens (primary N) is 1. The molecule has 2 rings (SSSR count). The number of carbonyl (C=O) groups excluding carboxylic acids is 1. The van der Waals surface area contributed by atoms with Crippen LogP contribution in [0, 0.1) is 0 Å². The van der Waals surface area contributed by atoms with Crippen molar-refractivity contribution in [2.45, 2.75) is 6.54 Å². The summed E-state index contributed by atoms with van der Waals surface area (Å²) in [6, 6.07) is 10.9. The van der Waals surface area contributed by atoms with E-state index < -0.39 is 0 Å². The SMILES string of the molecule is CN(Cc1cccnc1)C(=O)c1ccccc1N. The second-order valence-corrected chi connectivity index (χ2v) is 4.11. The van der Waals surface area contributed by atoms with Gasteiger partial charge in [0.05, 0.1) is 5.56 Å². The van der Waals surface area contributed by atoms with Crippen molar-refractivity contribution in [3.63, 3.8) is 0 Å². The van der Waals surface area contributed by atoms with E-state index in [0.717, 1.165) is 5.56 Å². The molecule has 0 bridgehead atoms. The maximum atomic E-state index is 12.2. The van der Waals surface area contributed by atoms with E-state index in [4.69, 9.17) is 5.73 Å². The Morgan fingerprint density at radius 1 is 1.28 bits per heavy atom. The number of nitrogen functional groups attached to an aromatic ring is 1. The van der Waals surface area contributed by atoms with Gasteiger partial charge in [0.2, 0.25) is 0 Å². The van der Waals surface area contributed by atoms with Crippen LogP contribution in [0.15, 0.2) is 48.8 Å². The summed E-state index contributed by atoms with van der Waals surface area (Å²) in [6.07, 6.45) is 3.46. The molecule has 1 heterocycles. The number of hydrogen-bond donors (Lipinski definition) is 1. The number of pyridine rings is 1. The lowest BCUT2D eigenvalue weighted by molar-refractivity contribution is 0.0786. The van der Waals surface area contributed by atoms with Crippen LogP contribution in [-0.2, 0) is 6.54 Å². The molecule has 0 fully saturated rings. The zero-order valence-electron chi connectivity index (χ0n) is 10.2. The highest BCUT2D eigenvalue weighted by molar-refractivity contribution is 5.98. The van der Waals surface area contributed by atoms with Crippen molar-refractivity contribution in [3.8, 4) is 0 Å². The van der Waals surface area contributed by atoms with E-state index in [2.05, 4.69) is 4.98 Å². The predicted octanol–water partition coefficient (Wildman–Crippen LogP) is 1.94. The van der Waals surface area contributed by atoms with Gasteiger partial charge in [-0.25, -0.2) is 0 Å². The summed E-state index contributed by atoms with van der Waals surface area (Å²) < 4.78 is 0. The molecule has 0 saturated carbocycles. The molecule has 0 radical (unpaired) electrons. The summed E-state index contributed by atoms with van der Waals surface area (Å²) >= 11 is 0. The molecule has 0 aliphatic heterocycles. The predicted molar refractivity (Wildman–Crippen MR) is 70.9 cm³/mol. The number of para-hydroxylation sites is 1. The second-order valence-electron chi connectivity index (χ2n) is 4.11. The van der Waals surface area contributed by atoms with Crippen LogP contribution < -0.4 is 5.73 Å². The van der Waals surface area contributed by atoms with Crippen molar-refractivity contribution >= 4 is 11.6 Å². The van der Waals surface area contributed by atoms with Gasteiger partial charge in [0, 0.05) is 31.7 Å². The zero-order chi connectivity index (χ0) is 13.0. The molecule has 1 aromatic carbocycles. The third-order valence-corrected chi connectivity index (χ3v) is 2.68. The largest absolute Gasteiger partial charge is 0.398 e. The van der Waals surface area contributed by atoms with Crippen LogP contribution in [0.5, 0.6) is 0 Å². The van der Waals surface area contributed by atoms with Crippen LogP contribution in [0.3, 0.4) is 0 Å². The molecule has 1 amide bonds. The lowest BCUT2D eigenvalue weighted by Crippen LogP contribution is -2.26. The molecule has 4 heteroatoms. The average molecular weight is 241 g/mol. The van der Waals surface area contributed by atoms with Gasteiger partial charge in [0.1, 0.15) is 0 Å². The summed E-state index contributed by atoms with van der Waals surface area (Å²) in [7, 11) is 1.75. The first-order chi connectivity index (χ1) is 8.68. The van der Waals surface area contributed by atoms with Crippen LogP contribution in [0.1, 0.15) is 15.9 Å². The van der Waals surface area contributed by atoms with Crippen molar-refractivity contribution in [3.05, 3.63) is 59.9 Å². The van der Waals surface area contributed by atoms with Crippen molar-refractivity contribution in [1.29, 1.82) is 0 Å². The van der Waals surface area contributed by atoms with E-state index in [1.54, 1.807) is 36.5 Å². The third kappa shape index (κ3) is 2.66. The lowest BCUT2D eigenvalue weighted by Gasteiger charge is -2.18. The molecular weight excluding hydrogens is 226 g/mol. The monoisotopic (exact) mass is 241 g/mol. The number of carbonyl (C=O) groups is 1. The van der Waals surface area contributed by atoms with Crippen molar-refractivity contribution < 1.29 is 4.79 Å². The van der Waals surface area contributed by atoms with Gasteiger partial charge in [-0.3, -0.25) is 9.78 Å². The average Bonchev–Trinajstić information content (AvgIpc) is 2.39. The molecule has 0 unspecified atom stereocenters. The summed E-state index contributed by atoms with van der Waals surface area (Å²) in [5.74, 6) is -0.0862. The first-order valence-electron chi connectivity index (χ1n) is 5.67. The number of aromatic nitrogens is 1. The summed E-state index contributed by atoms with van der Waals surface area (Å²) in [5, 5.41) is 0. The maximum Gasteiger partial charge on any atom is 0.255 e. The van der Waals surface area contributed by atoms with Gasteiger partial charge < -0.3 is 10.6 Å². The number of hydrogen-bond acceptors (Lipinski definition) is 3. The highest BCUT2D eigenvalue weighted by Gasteiger charge is 2.14. The molecule has 0 aliphatic rings. The molecule has 4 nitrogen and oxygen atoms in total. The number of nitrogens with zero attached hydrogens (tertiary/aromatic N) is 2. The molecule has 2 N–H and O–H groups in total. The quantitative estimate of drug-likeness (QED) is 0.835.